The largest absolute Gasteiger partial charge is 0.384 e. The molecule has 5 heteroatoms. The fourth-order valence-corrected chi connectivity index (χ4v) is 2.82. The number of hydrogen-bond acceptors (Lipinski definition) is 4. The first-order chi connectivity index (χ1) is 9.94. The second-order valence-electron chi connectivity index (χ2n) is 5.24. The van der Waals surface area contributed by atoms with E-state index in [1.165, 1.54) is 23.5 Å². The Morgan fingerprint density at radius 2 is 2.24 bits per heavy atom. The topological polar surface area (TPSA) is 56.0 Å². The molecule has 2 atom stereocenters. The van der Waals surface area contributed by atoms with Crippen LogP contribution in [-0.2, 0) is 5.60 Å². The van der Waals surface area contributed by atoms with Crippen molar-refractivity contribution in [3.63, 3.8) is 0 Å². The van der Waals surface area contributed by atoms with Crippen LogP contribution < -0.4 is 5.32 Å². The van der Waals surface area contributed by atoms with E-state index in [1.807, 2.05) is 23.8 Å². The number of nitriles is 1. The summed E-state index contributed by atoms with van der Waals surface area (Å²) in [5.41, 5.74) is 0.668. The van der Waals surface area contributed by atoms with Gasteiger partial charge in [0.05, 0.1) is 5.56 Å². The van der Waals surface area contributed by atoms with Gasteiger partial charge in [-0.25, -0.2) is 4.39 Å². The molecule has 3 nitrogen and oxygen atoms in total. The molecule has 0 aliphatic carbocycles. The van der Waals surface area contributed by atoms with Crippen LogP contribution in [0.4, 0.5) is 4.39 Å². The molecule has 2 rings (SSSR count). The summed E-state index contributed by atoms with van der Waals surface area (Å²) in [7, 11) is 0. The fraction of sp³-hybridized carbons (Fsp3) is 0.312. The van der Waals surface area contributed by atoms with Gasteiger partial charge >= 0.3 is 0 Å². The molecule has 0 fully saturated rings. The van der Waals surface area contributed by atoms with E-state index in [4.69, 9.17) is 5.26 Å². The lowest BCUT2D eigenvalue weighted by Gasteiger charge is -2.25. The molecule has 2 aromatic rings. The molecule has 0 amide bonds. The van der Waals surface area contributed by atoms with Gasteiger partial charge in [0.15, 0.2) is 0 Å². The summed E-state index contributed by atoms with van der Waals surface area (Å²) in [6.45, 7) is 3.99. The summed E-state index contributed by atoms with van der Waals surface area (Å²) in [4.78, 5) is 0. The van der Waals surface area contributed by atoms with Crippen molar-refractivity contribution in [1.82, 2.24) is 5.32 Å². The van der Waals surface area contributed by atoms with E-state index < -0.39 is 11.4 Å². The molecule has 21 heavy (non-hydrogen) atoms. The number of nitrogens with one attached hydrogen (secondary N) is 1. The van der Waals surface area contributed by atoms with Crippen molar-refractivity contribution in [2.75, 3.05) is 6.54 Å². The second kappa shape index (κ2) is 6.35. The standard InChI is InChI=1S/C16H17FN2OS/c1-11(12-3-4-13(8-18)15(17)7-12)19-10-16(2,20)14-5-6-21-9-14/h3-7,9,11,19-20H,10H2,1-2H3. The van der Waals surface area contributed by atoms with E-state index in [9.17, 15) is 9.50 Å². The summed E-state index contributed by atoms with van der Waals surface area (Å²) < 4.78 is 13.6. The summed E-state index contributed by atoms with van der Waals surface area (Å²) in [5, 5.41) is 26.2. The molecule has 110 valence electrons. The average molecular weight is 304 g/mol. The number of halogens is 1. The highest BCUT2D eigenvalue weighted by Gasteiger charge is 2.24. The van der Waals surface area contributed by atoms with Gasteiger partial charge in [-0.2, -0.15) is 16.6 Å². The van der Waals surface area contributed by atoms with Crippen molar-refractivity contribution in [3.05, 3.63) is 57.5 Å². The fourth-order valence-electron chi connectivity index (χ4n) is 2.03. The van der Waals surface area contributed by atoms with Crippen molar-refractivity contribution < 1.29 is 9.50 Å². The maximum Gasteiger partial charge on any atom is 0.141 e. The third-order valence-electron chi connectivity index (χ3n) is 3.51. The van der Waals surface area contributed by atoms with Crippen LogP contribution in [0.25, 0.3) is 0 Å². The van der Waals surface area contributed by atoms with E-state index in [1.54, 1.807) is 19.1 Å². The Labute approximate surface area is 127 Å². The van der Waals surface area contributed by atoms with Crippen LogP contribution >= 0.6 is 11.3 Å². The lowest BCUT2D eigenvalue weighted by Crippen LogP contribution is -2.36. The first-order valence-electron chi connectivity index (χ1n) is 6.62. The molecule has 0 aliphatic heterocycles. The summed E-state index contributed by atoms with van der Waals surface area (Å²) in [6.07, 6.45) is 0. The van der Waals surface area contributed by atoms with Crippen LogP contribution in [0.1, 0.15) is 36.6 Å². The molecule has 2 N–H and O–H groups in total. The van der Waals surface area contributed by atoms with Gasteiger partial charge in [0, 0.05) is 12.6 Å². The minimum absolute atomic E-state index is 0.0382. The highest BCUT2D eigenvalue weighted by atomic mass is 32.1. The predicted molar refractivity (Wildman–Crippen MR) is 81.4 cm³/mol. The van der Waals surface area contributed by atoms with Crippen molar-refractivity contribution in [2.45, 2.75) is 25.5 Å². The smallest absolute Gasteiger partial charge is 0.141 e. The van der Waals surface area contributed by atoms with Crippen LogP contribution in [0.5, 0.6) is 0 Å². The van der Waals surface area contributed by atoms with E-state index >= 15 is 0 Å². The number of thiophene rings is 1. The first kappa shape index (κ1) is 15.6. The lowest BCUT2D eigenvalue weighted by molar-refractivity contribution is 0.0548. The van der Waals surface area contributed by atoms with Crippen LogP contribution in [0.15, 0.2) is 35.0 Å². The van der Waals surface area contributed by atoms with Crippen LogP contribution in [-0.4, -0.2) is 11.7 Å². The SMILES string of the molecule is CC(NCC(C)(O)c1ccsc1)c1ccc(C#N)c(F)c1. The van der Waals surface area contributed by atoms with E-state index in [0.717, 1.165) is 11.1 Å². The molecular formula is C16H17FN2OS. The Hall–Kier alpha value is -1.74. The molecule has 2 unspecified atom stereocenters. The molecule has 1 aromatic heterocycles. The maximum absolute atomic E-state index is 13.6. The summed E-state index contributed by atoms with van der Waals surface area (Å²) in [5.74, 6) is -0.520. The quantitative estimate of drug-likeness (QED) is 0.891. The second-order valence-corrected chi connectivity index (χ2v) is 6.02. The third-order valence-corrected chi connectivity index (χ3v) is 4.19. The number of nitrogens with zero attached hydrogens (tertiary/aromatic N) is 1. The number of benzene rings is 1. The molecule has 0 aliphatic rings. The summed E-state index contributed by atoms with van der Waals surface area (Å²) in [6, 6.07) is 8.11. The Morgan fingerprint density at radius 3 is 2.81 bits per heavy atom. The monoisotopic (exact) mass is 304 g/mol. The van der Waals surface area contributed by atoms with Crippen LogP contribution in [0, 0.1) is 17.1 Å². The molecule has 1 heterocycles. The Bertz CT molecular complexity index is 647. The zero-order valence-corrected chi connectivity index (χ0v) is 12.7. The van der Waals surface area contributed by atoms with Gasteiger partial charge < -0.3 is 10.4 Å². The zero-order valence-electron chi connectivity index (χ0n) is 11.9. The van der Waals surface area contributed by atoms with Gasteiger partial charge in [-0.1, -0.05) is 6.07 Å². The highest BCUT2D eigenvalue weighted by molar-refractivity contribution is 7.08. The van der Waals surface area contributed by atoms with Gasteiger partial charge in [0.1, 0.15) is 17.5 Å². The maximum atomic E-state index is 13.6. The Morgan fingerprint density at radius 1 is 1.48 bits per heavy atom. The van der Waals surface area contributed by atoms with Gasteiger partial charge in [0.2, 0.25) is 0 Å². The molecule has 0 saturated heterocycles. The normalized spacial score (nSPS) is 15.2. The van der Waals surface area contributed by atoms with Crippen LogP contribution in [0.3, 0.4) is 0 Å². The lowest BCUT2D eigenvalue weighted by atomic mass is 9.98. The van der Waals surface area contributed by atoms with Gasteiger partial charge in [-0.05, 0) is 53.9 Å². The molecule has 0 spiro atoms. The molecule has 0 bridgehead atoms. The van der Waals surface area contributed by atoms with Crippen molar-refractivity contribution >= 4 is 11.3 Å². The highest BCUT2D eigenvalue weighted by Crippen LogP contribution is 2.24. The molecule has 0 radical (unpaired) electrons. The average Bonchev–Trinajstić information content (AvgIpc) is 2.99. The van der Waals surface area contributed by atoms with Crippen molar-refractivity contribution in [3.8, 4) is 6.07 Å². The van der Waals surface area contributed by atoms with Gasteiger partial charge in [-0.15, -0.1) is 0 Å². The number of rotatable bonds is 5. The first-order valence-corrected chi connectivity index (χ1v) is 7.56. The van der Waals surface area contributed by atoms with Gasteiger partial charge in [0.25, 0.3) is 0 Å². The van der Waals surface area contributed by atoms with E-state index in [0.29, 0.717) is 6.54 Å². The summed E-state index contributed by atoms with van der Waals surface area (Å²) >= 11 is 1.54. The van der Waals surface area contributed by atoms with Crippen LogP contribution in [0.2, 0.25) is 0 Å². The Balaban J connectivity index is 2.04. The minimum Gasteiger partial charge on any atom is -0.384 e. The molecule has 0 saturated carbocycles. The van der Waals surface area contributed by atoms with E-state index in [2.05, 4.69) is 5.32 Å². The molecule has 1 aromatic carbocycles. The minimum atomic E-state index is -0.973. The third kappa shape index (κ3) is 3.67. The zero-order chi connectivity index (χ0) is 15.5. The Kier molecular flexibility index (Phi) is 4.73. The number of hydrogen-bond donors (Lipinski definition) is 2. The molecular weight excluding hydrogens is 287 g/mol. The van der Waals surface area contributed by atoms with E-state index in [-0.39, 0.29) is 11.6 Å². The predicted octanol–water partition coefficient (Wildman–Crippen LogP) is 3.32. The number of aliphatic hydroxyl groups is 1. The van der Waals surface area contributed by atoms with Crippen molar-refractivity contribution in [1.29, 1.82) is 5.26 Å². The van der Waals surface area contributed by atoms with Crippen molar-refractivity contribution in [2.24, 2.45) is 0 Å². The van der Waals surface area contributed by atoms with Gasteiger partial charge in [-0.3, -0.25) is 0 Å².